The van der Waals surface area contributed by atoms with E-state index in [2.05, 4.69) is 26.5 Å². The van der Waals surface area contributed by atoms with Gasteiger partial charge in [0.2, 0.25) is 11.7 Å². The van der Waals surface area contributed by atoms with Crippen LogP contribution in [0.25, 0.3) is 0 Å². The van der Waals surface area contributed by atoms with Gasteiger partial charge >= 0.3 is 0 Å². The van der Waals surface area contributed by atoms with Crippen LogP contribution in [0.5, 0.6) is 5.75 Å². The molecular formula is C14H15BrF2N2O2. The number of nitrogens with zero attached hydrogens (tertiary/aromatic N) is 1. The van der Waals surface area contributed by atoms with Crippen LogP contribution in [0, 0.1) is 17.6 Å². The van der Waals surface area contributed by atoms with Crippen molar-refractivity contribution < 1.29 is 18.3 Å². The van der Waals surface area contributed by atoms with Crippen LogP contribution >= 0.6 is 15.9 Å². The van der Waals surface area contributed by atoms with E-state index < -0.39 is 11.6 Å². The summed E-state index contributed by atoms with van der Waals surface area (Å²) in [6.45, 7) is 2.05. The number of hydrogen-bond acceptors (Lipinski definition) is 3. The van der Waals surface area contributed by atoms with Gasteiger partial charge in [0.15, 0.2) is 11.6 Å². The Morgan fingerprint density at radius 3 is 2.86 bits per heavy atom. The third kappa shape index (κ3) is 3.58. The van der Waals surface area contributed by atoms with Crippen molar-refractivity contribution in [2.45, 2.75) is 19.8 Å². The van der Waals surface area contributed by atoms with Crippen molar-refractivity contribution in [3.8, 4) is 5.75 Å². The number of carbonyl (C=O) groups is 1. The first-order chi connectivity index (χ1) is 10.0. The molecule has 0 saturated carbocycles. The van der Waals surface area contributed by atoms with Crippen LogP contribution in [0.15, 0.2) is 17.2 Å². The Balaban J connectivity index is 2.26. The first kappa shape index (κ1) is 15.9. The maximum absolute atomic E-state index is 14.2. The predicted octanol–water partition coefficient (Wildman–Crippen LogP) is 2.99. The molecule has 2 rings (SSSR count). The molecule has 1 N–H and O–H groups in total. The highest BCUT2D eigenvalue weighted by Gasteiger charge is 2.26. The van der Waals surface area contributed by atoms with Crippen molar-refractivity contribution in [3.05, 3.63) is 29.3 Å². The van der Waals surface area contributed by atoms with Gasteiger partial charge in [-0.25, -0.2) is 9.82 Å². The topological polar surface area (TPSA) is 50.7 Å². The summed E-state index contributed by atoms with van der Waals surface area (Å²) in [6, 6.07) is 2.81. The smallest absolute Gasteiger partial charge is 0.240 e. The molecule has 0 aromatic heterocycles. The van der Waals surface area contributed by atoms with Gasteiger partial charge in [-0.15, -0.1) is 0 Å². The average molecular weight is 361 g/mol. The van der Waals surface area contributed by atoms with Crippen LogP contribution in [0.2, 0.25) is 0 Å². The summed E-state index contributed by atoms with van der Waals surface area (Å²) in [6.07, 6.45) is 0.891. The number of nitrogens with one attached hydrogen (secondary N) is 1. The Morgan fingerprint density at radius 2 is 2.19 bits per heavy atom. The van der Waals surface area contributed by atoms with E-state index in [1.54, 1.807) is 6.92 Å². The first-order valence-corrected chi connectivity index (χ1v) is 7.70. The zero-order valence-electron chi connectivity index (χ0n) is 11.5. The molecule has 1 atom stereocenters. The molecule has 7 heteroatoms. The summed E-state index contributed by atoms with van der Waals surface area (Å²) in [5.41, 5.74) is 2.67. The minimum atomic E-state index is -1.03. The molecule has 0 bridgehead atoms. The summed E-state index contributed by atoms with van der Waals surface area (Å²) < 4.78 is 33.4. The molecule has 1 amide bonds. The van der Waals surface area contributed by atoms with Crippen molar-refractivity contribution in [1.82, 2.24) is 5.43 Å². The van der Waals surface area contributed by atoms with Gasteiger partial charge in [0.25, 0.3) is 0 Å². The lowest BCUT2D eigenvalue weighted by Gasteiger charge is -2.20. The van der Waals surface area contributed by atoms with Gasteiger partial charge in [-0.1, -0.05) is 22.9 Å². The van der Waals surface area contributed by atoms with Crippen molar-refractivity contribution in [2.24, 2.45) is 11.0 Å². The molecule has 1 aliphatic rings. The fourth-order valence-corrected chi connectivity index (χ4v) is 2.29. The number of ether oxygens (including phenoxy) is 1. The Morgan fingerprint density at radius 1 is 1.43 bits per heavy atom. The molecule has 1 unspecified atom stereocenters. The zero-order chi connectivity index (χ0) is 15.4. The van der Waals surface area contributed by atoms with Crippen LogP contribution in [0.1, 0.15) is 25.3 Å². The summed E-state index contributed by atoms with van der Waals surface area (Å²) >= 11 is 3.23. The van der Waals surface area contributed by atoms with Crippen molar-refractivity contribution in [2.75, 3.05) is 11.9 Å². The second-order valence-electron chi connectivity index (χ2n) is 4.77. The Hall–Kier alpha value is -1.50. The van der Waals surface area contributed by atoms with Crippen LogP contribution in [0.3, 0.4) is 0 Å². The molecule has 1 heterocycles. The maximum Gasteiger partial charge on any atom is 0.240 e. The Bertz CT molecular complexity index is 578. The SMILES string of the molecule is CC1CC(=O)NN=C1c1ccc(OCCCBr)c(F)c1F. The fourth-order valence-electron chi connectivity index (χ4n) is 2.06. The summed E-state index contributed by atoms with van der Waals surface area (Å²) in [5, 5.41) is 4.56. The summed E-state index contributed by atoms with van der Waals surface area (Å²) in [7, 11) is 0. The number of amides is 1. The van der Waals surface area contributed by atoms with Crippen molar-refractivity contribution in [1.29, 1.82) is 0 Å². The lowest BCUT2D eigenvalue weighted by atomic mass is 9.93. The highest BCUT2D eigenvalue weighted by molar-refractivity contribution is 9.09. The van der Waals surface area contributed by atoms with Gasteiger partial charge in [0.05, 0.1) is 12.3 Å². The van der Waals surface area contributed by atoms with Crippen molar-refractivity contribution >= 4 is 27.5 Å². The van der Waals surface area contributed by atoms with Crippen LogP contribution in [-0.4, -0.2) is 23.6 Å². The highest BCUT2D eigenvalue weighted by atomic mass is 79.9. The van der Waals surface area contributed by atoms with Gasteiger partial charge < -0.3 is 4.74 Å². The predicted molar refractivity (Wildman–Crippen MR) is 78.7 cm³/mol. The van der Waals surface area contributed by atoms with Crippen LogP contribution in [-0.2, 0) is 4.79 Å². The highest BCUT2D eigenvalue weighted by Crippen LogP contribution is 2.26. The molecule has 0 spiro atoms. The second-order valence-corrected chi connectivity index (χ2v) is 5.56. The van der Waals surface area contributed by atoms with Gasteiger partial charge in [-0.3, -0.25) is 4.79 Å². The number of alkyl halides is 1. The minimum absolute atomic E-state index is 0.0489. The maximum atomic E-state index is 14.2. The second kappa shape index (κ2) is 6.98. The third-order valence-corrected chi connectivity index (χ3v) is 3.68. The van der Waals surface area contributed by atoms with Crippen LogP contribution < -0.4 is 10.2 Å². The molecule has 0 saturated heterocycles. The van der Waals surface area contributed by atoms with E-state index in [9.17, 15) is 13.6 Å². The third-order valence-electron chi connectivity index (χ3n) is 3.12. The lowest BCUT2D eigenvalue weighted by Crippen LogP contribution is -2.32. The quantitative estimate of drug-likeness (QED) is 0.648. The van der Waals surface area contributed by atoms with Gasteiger partial charge in [-0.05, 0) is 18.6 Å². The van der Waals surface area contributed by atoms with E-state index in [0.29, 0.717) is 18.7 Å². The number of benzene rings is 1. The number of halogens is 3. The standard InChI is InChI=1S/C14H15BrF2N2O2/c1-8-7-11(20)18-19-14(8)9-3-4-10(13(17)12(9)16)21-6-2-5-15/h3-4,8H,2,5-7H2,1H3,(H,18,20). The van der Waals surface area contributed by atoms with E-state index in [4.69, 9.17) is 4.74 Å². The fraction of sp³-hybridized carbons (Fsp3) is 0.429. The molecule has 21 heavy (non-hydrogen) atoms. The molecule has 1 aliphatic heterocycles. The molecule has 1 aromatic carbocycles. The number of hydrazone groups is 1. The first-order valence-electron chi connectivity index (χ1n) is 6.58. The Labute approximate surface area is 129 Å². The molecule has 0 aliphatic carbocycles. The Kier molecular flexibility index (Phi) is 5.27. The molecule has 0 radical (unpaired) electrons. The molecule has 1 aromatic rings. The van der Waals surface area contributed by atoms with E-state index in [-0.39, 0.29) is 29.6 Å². The normalized spacial score (nSPS) is 18.2. The lowest BCUT2D eigenvalue weighted by molar-refractivity contribution is -0.121. The summed E-state index contributed by atoms with van der Waals surface area (Å²) in [5.74, 6) is -2.66. The number of carbonyl (C=O) groups excluding carboxylic acids is 1. The molecule has 0 fully saturated rings. The van der Waals surface area contributed by atoms with Gasteiger partial charge in [0, 0.05) is 23.2 Å². The largest absolute Gasteiger partial charge is 0.490 e. The van der Waals surface area contributed by atoms with Gasteiger partial charge in [-0.2, -0.15) is 9.49 Å². The monoisotopic (exact) mass is 360 g/mol. The van der Waals surface area contributed by atoms with Crippen LogP contribution in [0.4, 0.5) is 8.78 Å². The van der Waals surface area contributed by atoms with E-state index in [0.717, 1.165) is 5.33 Å². The zero-order valence-corrected chi connectivity index (χ0v) is 13.0. The minimum Gasteiger partial charge on any atom is -0.490 e. The van der Waals surface area contributed by atoms with E-state index >= 15 is 0 Å². The number of hydrogen-bond donors (Lipinski definition) is 1. The van der Waals surface area contributed by atoms with E-state index in [1.807, 2.05) is 0 Å². The summed E-state index contributed by atoms with van der Waals surface area (Å²) in [4.78, 5) is 11.2. The molecule has 114 valence electrons. The molecule has 4 nitrogen and oxygen atoms in total. The number of rotatable bonds is 5. The molecular weight excluding hydrogens is 346 g/mol. The van der Waals surface area contributed by atoms with Gasteiger partial charge in [0.1, 0.15) is 0 Å². The van der Waals surface area contributed by atoms with E-state index in [1.165, 1.54) is 12.1 Å². The van der Waals surface area contributed by atoms with Crippen molar-refractivity contribution in [3.63, 3.8) is 0 Å². The average Bonchev–Trinajstić information content (AvgIpc) is 2.45.